The Kier molecular flexibility index (Phi) is 5.80. The van der Waals surface area contributed by atoms with Gasteiger partial charge in [0, 0.05) is 0 Å². The summed E-state index contributed by atoms with van der Waals surface area (Å²) in [6.07, 6.45) is -0.00438. The van der Waals surface area contributed by atoms with Crippen LogP contribution in [0.5, 0.6) is 5.75 Å². The highest BCUT2D eigenvalue weighted by Crippen LogP contribution is 2.19. The highest BCUT2D eigenvalue weighted by atomic mass is 32.2. The number of benzene rings is 2. The van der Waals surface area contributed by atoms with Crippen LogP contribution in [0.1, 0.15) is 5.56 Å². The summed E-state index contributed by atoms with van der Waals surface area (Å²) >= 11 is 0. The molecule has 2 rings (SSSR count). The number of aryl methyl sites for hydroxylation is 1. The van der Waals surface area contributed by atoms with Crippen molar-refractivity contribution in [2.75, 3.05) is 23.7 Å². The zero-order valence-electron chi connectivity index (χ0n) is 13.5. The molecule has 24 heavy (non-hydrogen) atoms. The molecule has 130 valence electrons. The monoisotopic (exact) mass is 353 g/mol. The molecule has 0 spiro atoms. The van der Waals surface area contributed by atoms with Crippen LogP contribution in [0.15, 0.2) is 48.5 Å². The highest BCUT2D eigenvalue weighted by Gasteiger charge is 2.21. The molecule has 0 aliphatic rings. The Morgan fingerprint density at radius 3 is 2.25 bits per heavy atom. The lowest BCUT2D eigenvalue weighted by atomic mass is 10.2. The fourth-order valence-electron chi connectivity index (χ4n) is 2.11. The molecule has 0 heterocycles. The number of ether oxygens (including phenoxy) is 1. The van der Waals surface area contributed by atoms with Crippen LogP contribution >= 0.6 is 0 Å². The molecule has 0 bridgehead atoms. The molecule has 0 saturated carbocycles. The lowest BCUT2D eigenvalue weighted by Crippen LogP contribution is -2.39. The summed E-state index contributed by atoms with van der Waals surface area (Å²) in [6.45, 7) is 1.71. The SMILES string of the molecule is Cc1ccc(OCC(O)CN(c2ccc(F)cc2)S(C)(=O)=O)cc1. The number of aliphatic hydroxyl groups is 1. The van der Waals surface area contributed by atoms with Crippen molar-refractivity contribution in [2.45, 2.75) is 13.0 Å². The van der Waals surface area contributed by atoms with E-state index in [2.05, 4.69) is 0 Å². The third-order valence-electron chi connectivity index (χ3n) is 3.35. The number of rotatable bonds is 7. The lowest BCUT2D eigenvalue weighted by molar-refractivity contribution is 0.115. The lowest BCUT2D eigenvalue weighted by Gasteiger charge is -2.25. The van der Waals surface area contributed by atoms with Crippen LogP contribution in [0.25, 0.3) is 0 Å². The predicted octanol–water partition coefficient (Wildman–Crippen LogP) is 2.34. The van der Waals surface area contributed by atoms with Crippen LogP contribution in [-0.2, 0) is 10.0 Å². The van der Waals surface area contributed by atoms with E-state index in [4.69, 9.17) is 4.74 Å². The van der Waals surface area contributed by atoms with E-state index in [1.54, 1.807) is 12.1 Å². The fraction of sp³-hybridized carbons (Fsp3) is 0.294. The third kappa shape index (κ3) is 5.21. The van der Waals surface area contributed by atoms with E-state index in [1.807, 2.05) is 19.1 Å². The summed E-state index contributed by atoms with van der Waals surface area (Å²) in [7, 11) is -3.62. The minimum absolute atomic E-state index is 0.0593. The Hall–Kier alpha value is -2.12. The molecule has 0 saturated heterocycles. The number of hydrogen-bond acceptors (Lipinski definition) is 4. The van der Waals surface area contributed by atoms with Gasteiger partial charge < -0.3 is 9.84 Å². The fourth-order valence-corrected chi connectivity index (χ4v) is 3.06. The smallest absolute Gasteiger partial charge is 0.232 e. The van der Waals surface area contributed by atoms with Gasteiger partial charge in [-0.05, 0) is 43.3 Å². The first-order chi connectivity index (χ1) is 11.3. The average molecular weight is 353 g/mol. The minimum Gasteiger partial charge on any atom is -0.491 e. The van der Waals surface area contributed by atoms with Crippen molar-refractivity contribution in [1.82, 2.24) is 0 Å². The molecule has 0 fully saturated rings. The van der Waals surface area contributed by atoms with Crippen molar-refractivity contribution in [3.8, 4) is 5.75 Å². The molecule has 0 aliphatic heterocycles. The minimum atomic E-state index is -3.62. The zero-order valence-corrected chi connectivity index (χ0v) is 14.3. The largest absolute Gasteiger partial charge is 0.491 e. The van der Waals surface area contributed by atoms with Crippen molar-refractivity contribution in [2.24, 2.45) is 0 Å². The van der Waals surface area contributed by atoms with Crippen LogP contribution < -0.4 is 9.04 Å². The van der Waals surface area contributed by atoms with Crippen LogP contribution in [-0.4, -0.2) is 39.0 Å². The van der Waals surface area contributed by atoms with Gasteiger partial charge in [0.15, 0.2) is 0 Å². The van der Waals surface area contributed by atoms with Crippen molar-refractivity contribution in [1.29, 1.82) is 0 Å². The topological polar surface area (TPSA) is 66.8 Å². The second-order valence-corrected chi connectivity index (χ2v) is 7.46. The molecule has 0 aliphatic carbocycles. The van der Waals surface area contributed by atoms with Crippen molar-refractivity contribution in [3.63, 3.8) is 0 Å². The standard InChI is InChI=1S/C17H20FNO4S/c1-13-3-9-17(10-4-13)23-12-16(20)11-19(24(2,21)22)15-7-5-14(18)6-8-15/h3-10,16,20H,11-12H2,1-2H3. The second kappa shape index (κ2) is 7.63. The van der Waals surface area contributed by atoms with E-state index in [9.17, 15) is 17.9 Å². The molecule has 0 amide bonds. The van der Waals surface area contributed by atoms with E-state index >= 15 is 0 Å². The van der Waals surface area contributed by atoms with E-state index in [0.29, 0.717) is 5.75 Å². The molecule has 1 unspecified atom stereocenters. The van der Waals surface area contributed by atoms with Gasteiger partial charge in [0.05, 0.1) is 18.5 Å². The van der Waals surface area contributed by atoms with Crippen molar-refractivity contribution >= 4 is 15.7 Å². The van der Waals surface area contributed by atoms with Gasteiger partial charge in [0.25, 0.3) is 0 Å². The molecular weight excluding hydrogens is 333 g/mol. The Balaban J connectivity index is 2.03. The van der Waals surface area contributed by atoms with Crippen LogP contribution in [0, 0.1) is 12.7 Å². The van der Waals surface area contributed by atoms with Gasteiger partial charge in [0.1, 0.15) is 24.3 Å². The Labute approximate surface area is 141 Å². The van der Waals surface area contributed by atoms with Crippen molar-refractivity contribution < 1.29 is 22.7 Å². The number of halogens is 1. The highest BCUT2D eigenvalue weighted by molar-refractivity contribution is 7.92. The zero-order chi connectivity index (χ0) is 17.7. The first-order valence-corrected chi connectivity index (χ1v) is 9.21. The maximum atomic E-state index is 13.0. The summed E-state index contributed by atoms with van der Waals surface area (Å²) in [4.78, 5) is 0. The molecule has 7 heteroatoms. The van der Waals surface area contributed by atoms with Gasteiger partial charge in [-0.1, -0.05) is 17.7 Å². The Bertz CT molecular complexity index is 760. The number of anilines is 1. The molecule has 0 radical (unpaired) electrons. The number of hydrogen-bond donors (Lipinski definition) is 1. The normalized spacial score (nSPS) is 12.7. The maximum absolute atomic E-state index is 13.0. The summed E-state index contributed by atoms with van der Waals surface area (Å²) in [5.41, 5.74) is 1.37. The van der Waals surface area contributed by atoms with E-state index in [1.165, 1.54) is 24.3 Å². The molecule has 5 nitrogen and oxygen atoms in total. The van der Waals surface area contributed by atoms with Gasteiger partial charge in [-0.25, -0.2) is 12.8 Å². The first-order valence-electron chi connectivity index (χ1n) is 7.36. The summed E-state index contributed by atoms with van der Waals surface area (Å²) in [6, 6.07) is 12.3. The van der Waals surface area contributed by atoms with Gasteiger partial charge >= 0.3 is 0 Å². The Morgan fingerprint density at radius 1 is 1.12 bits per heavy atom. The third-order valence-corrected chi connectivity index (χ3v) is 4.52. The van der Waals surface area contributed by atoms with E-state index < -0.39 is 21.9 Å². The van der Waals surface area contributed by atoms with Crippen LogP contribution in [0.3, 0.4) is 0 Å². The van der Waals surface area contributed by atoms with Gasteiger partial charge in [-0.2, -0.15) is 0 Å². The first kappa shape index (κ1) is 18.2. The summed E-state index contributed by atoms with van der Waals surface area (Å²) in [5.74, 6) is 0.128. The number of nitrogens with zero attached hydrogens (tertiary/aromatic N) is 1. The van der Waals surface area contributed by atoms with Gasteiger partial charge in [0.2, 0.25) is 10.0 Å². The van der Waals surface area contributed by atoms with E-state index in [-0.39, 0.29) is 18.8 Å². The number of aliphatic hydroxyl groups excluding tert-OH is 1. The van der Waals surface area contributed by atoms with E-state index in [0.717, 1.165) is 16.1 Å². The molecular formula is C17H20FNO4S. The summed E-state index contributed by atoms with van der Waals surface area (Å²) < 4.78 is 43.4. The summed E-state index contributed by atoms with van der Waals surface area (Å²) in [5, 5.41) is 10.1. The average Bonchev–Trinajstić information content (AvgIpc) is 2.52. The van der Waals surface area contributed by atoms with Crippen LogP contribution in [0.2, 0.25) is 0 Å². The quantitative estimate of drug-likeness (QED) is 0.830. The molecule has 2 aromatic rings. The Morgan fingerprint density at radius 2 is 1.71 bits per heavy atom. The van der Waals surface area contributed by atoms with Crippen LogP contribution in [0.4, 0.5) is 10.1 Å². The number of sulfonamides is 1. The van der Waals surface area contributed by atoms with Crippen molar-refractivity contribution in [3.05, 3.63) is 59.9 Å². The van der Waals surface area contributed by atoms with Gasteiger partial charge in [-0.15, -0.1) is 0 Å². The molecule has 1 atom stereocenters. The maximum Gasteiger partial charge on any atom is 0.232 e. The van der Waals surface area contributed by atoms with Gasteiger partial charge in [-0.3, -0.25) is 4.31 Å². The molecule has 2 aromatic carbocycles. The second-order valence-electron chi connectivity index (χ2n) is 5.55. The molecule has 0 aromatic heterocycles. The molecule has 1 N–H and O–H groups in total. The predicted molar refractivity (Wildman–Crippen MR) is 91.3 cm³/mol.